The quantitative estimate of drug-likeness (QED) is 0.691. The lowest BCUT2D eigenvalue weighted by Crippen LogP contribution is -2.54. The Balaban J connectivity index is 1.79. The molecule has 0 N–H and O–H groups in total. The molecule has 2 aliphatic carbocycles. The Bertz CT molecular complexity index is 758. The number of aryl methyl sites for hydroxylation is 1. The van der Waals surface area contributed by atoms with Crippen molar-refractivity contribution in [1.82, 2.24) is 0 Å². The van der Waals surface area contributed by atoms with Crippen molar-refractivity contribution in [3.63, 3.8) is 0 Å². The summed E-state index contributed by atoms with van der Waals surface area (Å²) in [6.07, 6.45) is 12.7. The number of furan rings is 1. The van der Waals surface area contributed by atoms with Crippen LogP contribution in [0, 0.1) is 17.3 Å². The lowest BCUT2D eigenvalue weighted by molar-refractivity contribution is -0.162. The number of carbonyl (C=O) groups excluding carboxylic acids is 1. The Kier molecular flexibility index (Phi) is 4.34. The third-order valence-corrected chi connectivity index (χ3v) is 7.20. The Labute approximate surface area is 155 Å². The van der Waals surface area contributed by atoms with E-state index in [9.17, 15) is 4.79 Å². The van der Waals surface area contributed by atoms with Gasteiger partial charge in [0, 0.05) is 17.9 Å². The van der Waals surface area contributed by atoms with E-state index in [4.69, 9.17) is 13.9 Å². The van der Waals surface area contributed by atoms with E-state index in [1.165, 1.54) is 12.7 Å². The van der Waals surface area contributed by atoms with Crippen LogP contribution in [0.5, 0.6) is 0 Å². The first-order chi connectivity index (χ1) is 12.5. The van der Waals surface area contributed by atoms with E-state index in [0.717, 1.165) is 31.4 Å². The number of fused-ring (bicyclic) bond motifs is 1. The zero-order chi connectivity index (χ0) is 18.4. The van der Waals surface area contributed by atoms with E-state index in [-0.39, 0.29) is 22.9 Å². The van der Waals surface area contributed by atoms with Crippen molar-refractivity contribution in [1.29, 1.82) is 0 Å². The van der Waals surface area contributed by atoms with Gasteiger partial charge in [-0.15, -0.1) is 0 Å². The highest BCUT2D eigenvalue weighted by Crippen LogP contribution is 2.57. The van der Waals surface area contributed by atoms with Crippen molar-refractivity contribution in [3.8, 4) is 0 Å². The van der Waals surface area contributed by atoms with E-state index in [2.05, 4.69) is 26.0 Å². The Hall–Kier alpha value is -1.81. The number of esters is 1. The van der Waals surface area contributed by atoms with Gasteiger partial charge in [0.15, 0.2) is 0 Å². The molecule has 1 aromatic rings. The summed E-state index contributed by atoms with van der Waals surface area (Å²) in [4.78, 5) is 12.3. The van der Waals surface area contributed by atoms with Crippen molar-refractivity contribution in [2.45, 2.75) is 58.2 Å². The molecule has 1 fully saturated rings. The average molecular weight is 356 g/mol. The van der Waals surface area contributed by atoms with Crippen LogP contribution < -0.4 is 0 Å². The predicted octanol–water partition coefficient (Wildman–Crippen LogP) is 4.59. The predicted molar refractivity (Wildman–Crippen MR) is 98.4 cm³/mol. The van der Waals surface area contributed by atoms with Crippen molar-refractivity contribution < 1.29 is 18.7 Å². The molecule has 26 heavy (non-hydrogen) atoms. The molecule has 0 saturated heterocycles. The van der Waals surface area contributed by atoms with E-state index >= 15 is 0 Å². The molecule has 0 radical (unpaired) electrons. The number of ether oxygens (including phenoxy) is 2. The van der Waals surface area contributed by atoms with Gasteiger partial charge in [-0.2, -0.15) is 0 Å². The second kappa shape index (κ2) is 6.41. The molecule has 3 aliphatic rings. The molecule has 1 saturated carbocycles. The third kappa shape index (κ3) is 2.66. The second-order valence-corrected chi connectivity index (χ2v) is 8.39. The summed E-state index contributed by atoms with van der Waals surface area (Å²) in [5, 5.41) is 0. The van der Waals surface area contributed by atoms with Crippen molar-refractivity contribution in [2.24, 2.45) is 17.3 Å². The Morgan fingerprint density at radius 2 is 2.19 bits per heavy atom. The number of hydrogen-bond acceptors (Lipinski definition) is 4. The maximum absolute atomic E-state index is 12.3. The first-order valence-electron chi connectivity index (χ1n) is 9.63. The van der Waals surface area contributed by atoms with Gasteiger partial charge >= 0.3 is 5.97 Å². The van der Waals surface area contributed by atoms with Crippen LogP contribution in [0.15, 0.2) is 40.5 Å². The molecule has 0 amide bonds. The van der Waals surface area contributed by atoms with Crippen LogP contribution >= 0.6 is 0 Å². The minimum Gasteiger partial charge on any atom is -0.467 e. The molecule has 0 aromatic carbocycles. The topological polar surface area (TPSA) is 48.7 Å². The largest absolute Gasteiger partial charge is 0.467 e. The SMILES string of the molecule is COC(=O)C1=CC=C[C@H]2[C@@]3(CC[C@@H](C)[C@]2(C)CCc2ccoc2CO3)C1. The maximum Gasteiger partial charge on any atom is 0.333 e. The summed E-state index contributed by atoms with van der Waals surface area (Å²) in [5.74, 6) is 1.54. The van der Waals surface area contributed by atoms with Gasteiger partial charge in [0.2, 0.25) is 0 Å². The zero-order valence-electron chi connectivity index (χ0n) is 15.9. The minimum atomic E-state index is -0.386. The van der Waals surface area contributed by atoms with E-state index in [1.54, 1.807) is 6.26 Å². The first-order valence-corrected chi connectivity index (χ1v) is 9.63. The third-order valence-electron chi connectivity index (χ3n) is 7.20. The highest BCUT2D eigenvalue weighted by atomic mass is 16.5. The number of carbonyl (C=O) groups is 1. The van der Waals surface area contributed by atoms with Gasteiger partial charge in [0.05, 0.1) is 19.0 Å². The summed E-state index contributed by atoms with van der Waals surface area (Å²) >= 11 is 0. The number of methoxy groups -OCH3 is 1. The Morgan fingerprint density at radius 1 is 1.35 bits per heavy atom. The Morgan fingerprint density at radius 3 is 3.00 bits per heavy atom. The van der Waals surface area contributed by atoms with E-state index in [1.807, 2.05) is 12.2 Å². The van der Waals surface area contributed by atoms with Crippen LogP contribution in [0.3, 0.4) is 0 Å². The lowest BCUT2D eigenvalue weighted by Gasteiger charge is -2.55. The van der Waals surface area contributed by atoms with Gasteiger partial charge in [0.25, 0.3) is 0 Å². The monoisotopic (exact) mass is 356 g/mol. The van der Waals surface area contributed by atoms with Crippen molar-refractivity contribution in [3.05, 3.63) is 47.5 Å². The number of allylic oxidation sites excluding steroid dienone is 2. The fourth-order valence-corrected chi connectivity index (χ4v) is 5.33. The van der Waals surface area contributed by atoms with Gasteiger partial charge in [-0.3, -0.25) is 0 Å². The van der Waals surface area contributed by atoms with Crippen LogP contribution in [0.4, 0.5) is 0 Å². The van der Waals surface area contributed by atoms with Gasteiger partial charge in [-0.25, -0.2) is 4.79 Å². The second-order valence-electron chi connectivity index (χ2n) is 8.39. The molecule has 4 rings (SSSR count). The summed E-state index contributed by atoms with van der Waals surface area (Å²) in [5.41, 5.74) is 1.68. The molecule has 2 heterocycles. The van der Waals surface area contributed by atoms with E-state index in [0.29, 0.717) is 24.5 Å². The van der Waals surface area contributed by atoms with Crippen LogP contribution in [0.1, 0.15) is 50.9 Å². The fraction of sp³-hybridized carbons (Fsp3) is 0.591. The molecule has 2 bridgehead atoms. The van der Waals surface area contributed by atoms with Crippen LogP contribution in [-0.4, -0.2) is 18.7 Å². The standard InChI is InChI=1S/C22H28O4/c1-15-7-11-22-13-17(20(23)24-3)5-4-6-19(22)21(15,2)10-8-16-9-12-25-18(16)14-26-22/h4-6,9,12,15,19H,7-8,10-11,13-14H2,1-3H3/t15-,19-,21+,22-/m1/s1. The van der Waals surface area contributed by atoms with E-state index < -0.39 is 0 Å². The zero-order valence-corrected chi connectivity index (χ0v) is 15.9. The number of rotatable bonds is 1. The van der Waals surface area contributed by atoms with Crippen LogP contribution in [0.25, 0.3) is 0 Å². The molecular weight excluding hydrogens is 328 g/mol. The highest BCUT2D eigenvalue weighted by molar-refractivity contribution is 5.89. The lowest BCUT2D eigenvalue weighted by atomic mass is 9.53. The summed E-state index contributed by atoms with van der Waals surface area (Å²) in [6, 6.07) is 2.07. The molecule has 140 valence electrons. The molecular formula is C22H28O4. The number of hydrogen-bond donors (Lipinski definition) is 0. The van der Waals surface area contributed by atoms with Crippen molar-refractivity contribution >= 4 is 5.97 Å². The molecule has 0 unspecified atom stereocenters. The average Bonchev–Trinajstić information content (AvgIpc) is 3.01. The molecule has 4 atom stereocenters. The summed E-state index contributed by atoms with van der Waals surface area (Å²) in [7, 11) is 1.44. The molecule has 1 aromatic heterocycles. The molecule has 4 heteroatoms. The smallest absolute Gasteiger partial charge is 0.333 e. The summed E-state index contributed by atoms with van der Waals surface area (Å²) in [6.45, 7) is 5.23. The van der Waals surface area contributed by atoms with Crippen molar-refractivity contribution in [2.75, 3.05) is 7.11 Å². The molecule has 1 aliphatic heterocycles. The first kappa shape index (κ1) is 17.6. The summed E-state index contributed by atoms with van der Waals surface area (Å²) < 4.78 is 17.4. The van der Waals surface area contributed by atoms with Crippen LogP contribution in [-0.2, 0) is 27.3 Å². The molecule has 4 nitrogen and oxygen atoms in total. The molecule has 0 spiro atoms. The van der Waals surface area contributed by atoms with Gasteiger partial charge in [-0.1, -0.05) is 32.1 Å². The van der Waals surface area contributed by atoms with Crippen LogP contribution in [0.2, 0.25) is 0 Å². The minimum absolute atomic E-state index is 0.118. The van der Waals surface area contributed by atoms with Gasteiger partial charge in [-0.05, 0) is 48.6 Å². The highest BCUT2D eigenvalue weighted by Gasteiger charge is 2.55. The fourth-order valence-electron chi connectivity index (χ4n) is 5.33. The van der Waals surface area contributed by atoms with Gasteiger partial charge < -0.3 is 13.9 Å². The van der Waals surface area contributed by atoms with Gasteiger partial charge in [0.1, 0.15) is 12.4 Å². The maximum atomic E-state index is 12.3. The normalized spacial score (nSPS) is 36.5.